The average Bonchev–Trinajstić information content (AvgIpc) is 2.07. The Balaban J connectivity index is 2.27. The minimum Gasteiger partial charge on any atom is -0.146 e. The van der Waals surface area contributed by atoms with Crippen LogP contribution in [0.4, 0.5) is 0 Å². The summed E-state index contributed by atoms with van der Waals surface area (Å²) >= 11 is 0. The lowest BCUT2D eigenvalue weighted by Crippen LogP contribution is -2.08. The van der Waals surface area contributed by atoms with Crippen LogP contribution in [0.25, 0.3) is 0 Å². The van der Waals surface area contributed by atoms with E-state index in [0.717, 1.165) is 12.8 Å². The predicted molar refractivity (Wildman–Crippen MR) is 46.1 cm³/mol. The lowest BCUT2D eigenvalue weighted by molar-refractivity contribution is 0.333. The SMILES string of the molecule is CCO[P+](=O)C1CCCCC1. The van der Waals surface area contributed by atoms with Crippen LogP contribution in [-0.4, -0.2) is 12.3 Å². The Morgan fingerprint density at radius 3 is 2.55 bits per heavy atom. The largest absolute Gasteiger partial charge is 0.511 e. The second-order valence-corrected chi connectivity index (χ2v) is 4.55. The zero-order chi connectivity index (χ0) is 8.10. The van der Waals surface area contributed by atoms with Gasteiger partial charge in [0.2, 0.25) is 0 Å². The second-order valence-electron chi connectivity index (χ2n) is 2.99. The summed E-state index contributed by atoms with van der Waals surface area (Å²) in [5, 5.41) is 0. The van der Waals surface area contributed by atoms with Crippen LogP contribution >= 0.6 is 8.03 Å². The van der Waals surface area contributed by atoms with E-state index in [1.165, 1.54) is 19.3 Å². The molecule has 0 aromatic rings. The van der Waals surface area contributed by atoms with E-state index < -0.39 is 8.03 Å². The third kappa shape index (κ3) is 2.88. The van der Waals surface area contributed by atoms with Gasteiger partial charge in [0.05, 0.1) is 6.61 Å². The van der Waals surface area contributed by atoms with Crippen molar-refractivity contribution in [2.24, 2.45) is 0 Å². The standard InChI is InChI=1S/C8H16O2P/c1-2-10-11(9)8-6-4-3-5-7-8/h8H,2-7H2,1H3/q+1. The highest BCUT2D eigenvalue weighted by molar-refractivity contribution is 7.40. The molecule has 0 heterocycles. The van der Waals surface area contributed by atoms with Gasteiger partial charge in [0, 0.05) is 0 Å². The first-order valence-corrected chi connectivity index (χ1v) is 5.68. The molecule has 1 saturated carbocycles. The molecule has 0 aliphatic heterocycles. The van der Waals surface area contributed by atoms with Crippen LogP contribution in [0.2, 0.25) is 0 Å². The van der Waals surface area contributed by atoms with Crippen molar-refractivity contribution in [3.63, 3.8) is 0 Å². The molecule has 0 spiro atoms. The predicted octanol–water partition coefficient (Wildman–Crippen LogP) is 3.10. The van der Waals surface area contributed by atoms with Gasteiger partial charge in [0.15, 0.2) is 5.66 Å². The highest BCUT2D eigenvalue weighted by Crippen LogP contribution is 2.38. The molecule has 0 bridgehead atoms. The maximum absolute atomic E-state index is 11.3. The molecule has 1 aliphatic rings. The Hall–Kier alpha value is 0.0600. The number of hydrogen-bond donors (Lipinski definition) is 0. The quantitative estimate of drug-likeness (QED) is 0.616. The van der Waals surface area contributed by atoms with E-state index >= 15 is 0 Å². The van der Waals surface area contributed by atoms with Gasteiger partial charge in [-0.2, -0.15) is 0 Å². The molecule has 1 aliphatic carbocycles. The smallest absolute Gasteiger partial charge is 0.146 e. The maximum atomic E-state index is 11.3. The van der Waals surface area contributed by atoms with Crippen molar-refractivity contribution in [2.45, 2.75) is 44.7 Å². The molecule has 64 valence electrons. The van der Waals surface area contributed by atoms with Gasteiger partial charge < -0.3 is 0 Å². The molecule has 2 nitrogen and oxygen atoms in total. The van der Waals surface area contributed by atoms with Crippen LogP contribution in [0, 0.1) is 0 Å². The lowest BCUT2D eigenvalue weighted by atomic mass is 10.0. The van der Waals surface area contributed by atoms with E-state index in [1.54, 1.807) is 0 Å². The topological polar surface area (TPSA) is 26.3 Å². The van der Waals surface area contributed by atoms with Crippen LogP contribution in [0.1, 0.15) is 39.0 Å². The molecule has 1 atom stereocenters. The molecule has 0 saturated heterocycles. The maximum Gasteiger partial charge on any atom is 0.511 e. The summed E-state index contributed by atoms with van der Waals surface area (Å²) in [4.78, 5) is 0. The van der Waals surface area contributed by atoms with Crippen molar-refractivity contribution in [1.82, 2.24) is 0 Å². The van der Waals surface area contributed by atoms with E-state index in [4.69, 9.17) is 4.52 Å². The molecule has 0 aromatic heterocycles. The molecule has 0 amide bonds. The minimum atomic E-state index is -1.35. The highest BCUT2D eigenvalue weighted by atomic mass is 31.1. The summed E-state index contributed by atoms with van der Waals surface area (Å²) in [6.07, 6.45) is 5.99. The van der Waals surface area contributed by atoms with Crippen molar-refractivity contribution in [1.29, 1.82) is 0 Å². The molecule has 3 heteroatoms. The normalized spacial score (nSPS) is 21.7. The molecule has 1 fully saturated rings. The summed E-state index contributed by atoms with van der Waals surface area (Å²) < 4.78 is 16.4. The fourth-order valence-electron chi connectivity index (χ4n) is 1.52. The minimum absolute atomic E-state index is 0.360. The van der Waals surface area contributed by atoms with E-state index in [2.05, 4.69) is 0 Å². The van der Waals surface area contributed by atoms with Crippen LogP contribution in [-0.2, 0) is 9.09 Å². The molecular formula is C8H16O2P+. The first-order valence-electron chi connectivity index (χ1n) is 4.44. The van der Waals surface area contributed by atoms with Crippen molar-refractivity contribution in [2.75, 3.05) is 6.61 Å². The zero-order valence-electron chi connectivity index (χ0n) is 7.08. The van der Waals surface area contributed by atoms with Gasteiger partial charge >= 0.3 is 8.03 Å². The van der Waals surface area contributed by atoms with Gasteiger partial charge in [-0.25, -0.2) is 0 Å². The third-order valence-corrected chi connectivity index (χ3v) is 3.75. The number of rotatable bonds is 3. The van der Waals surface area contributed by atoms with Crippen molar-refractivity contribution < 1.29 is 9.09 Å². The van der Waals surface area contributed by atoms with Gasteiger partial charge in [-0.3, -0.25) is 0 Å². The fourth-order valence-corrected chi connectivity index (χ4v) is 2.78. The van der Waals surface area contributed by atoms with Gasteiger partial charge in [0.1, 0.15) is 0 Å². The Morgan fingerprint density at radius 1 is 1.36 bits per heavy atom. The van der Waals surface area contributed by atoms with Gasteiger partial charge in [-0.05, 0) is 37.2 Å². The first-order chi connectivity index (χ1) is 5.34. The first kappa shape index (κ1) is 9.15. The molecule has 0 aromatic carbocycles. The Morgan fingerprint density at radius 2 is 2.00 bits per heavy atom. The van der Waals surface area contributed by atoms with Crippen molar-refractivity contribution in [3.05, 3.63) is 0 Å². The monoisotopic (exact) mass is 175 g/mol. The molecule has 0 N–H and O–H groups in total. The third-order valence-electron chi connectivity index (χ3n) is 2.13. The average molecular weight is 175 g/mol. The van der Waals surface area contributed by atoms with Gasteiger partial charge in [-0.15, -0.1) is 4.52 Å². The van der Waals surface area contributed by atoms with Gasteiger partial charge in [0.25, 0.3) is 0 Å². The Bertz CT molecular complexity index is 130. The van der Waals surface area contributed by atoms with E-state index in [0.29, 0.717) is 12.3 Å². The highest BCUT2D eigenvalue weighted by Gasteiger charge is 2.32. The summed E-state index contributed by atoms with van der Waals surface area (Å²) in [5.74, 6) is 0. The summed E-state index contributed by atoms with van der Waals surface area (Å²) in [6.45, 7) is 2.49. The zero-order valence-corrected chi connectivity index (χ0v) is 7.98. The molecule has 1 rings (SSSR count). The van der Waals surface area contributed by atoms with Crippen LogP contribution < -0.4 is 0 Å². The molecular weight excluding hydrogens is 159 g/mol. The number of hydrogen-bond acceptors (Lipinski definition) is 2. The van der Waals surface area contributed by atoms with Gasteiger partial charge in [-0.1, -0.05) is 6.42 Å². The summed E-state index contributed by atoms with van der Waals surface area (Å²) in [5.41, 5.74) is 0.360. The Labute approximate surface area is 69.2 Å². The Kier molecular flexibility index (Phi) is 4.03. The summed E-state index contributed by atoms with van der Waals surface area (Å²) in [6, 6.07) is 0. The van der Waals surface area contributed by atoms with Crippen LogP contribution in [0.5, 0.6) is 0 Å². The summed E-state index contributed by atoms with van der Waals surface area (Å²) in [7, 11) is -1.35. The second kappa shape index (κ2) is 4.84. The fraction of sp³-hybridized carbons (Fsp3) is 1.00. The van der Waals surface area contributed by atoms with Crippen molar-refractivity contribution >= 4 is 8.03 Å². The van der Waals surface area contributed by atoms with E-state index in [1.807, 2.05) is 6.92 Å². The van der Waals surface area contributed by atoms with Crippen LogP contribution in [0.15, 0.2) is 0 Å². The lowest BCUT2D eigenvalue weighted by Gasteiger charge is -2.11. The molecule has 1 unspecified atom stereocenters. The molecule has 11 heavy (non-hydrogen) atoms. The van der Waals surface area contributed by atoms with E-state index in [9.17, 15) is 4.57 Å². The van der Waals surface area contributed by atoms with E-state index in [-0.39, 0.29) is 0 Å². The van der Waals surface area contributed by atoms with Crippen molar-refractivity contribution in [3.8, 4) is 0 Å². The van der Waals surface area contributed by atoms with Crippen LogP contribution in [0.3, 0.4) is 0 Å². The molecule has 0 radical (unpaired) electrons.